The maximum absolute atomic E-state index is 11.9. The van der Waals surface area contributed by atoms with Crippen LogP contribution in [0.2, 0.25) is 5.02 Å². The zero-order valence-corrected chi connectivity index (χ0v) is 15.1. The highest BCUT2D eigenvalue weighted by Gasteiger charge is 2.11. The summed E-state index contributed by atoms with van der Waals surface area (Å²) in [4.78, 5) is 14.3. The summed E-state index contributed by atoms with van der Waals surface area (Å²) in [7, 11) is 0. The van der Waals surface area contributed by atoms with Gasteiger partial charge in [0.25, 0.3) is 0 Å². The molecule has 5 heteroatoms. The van der Waals surface area contributed by atoms with Gasteiger partial charge in [0.2, 0.25) is 5.91 Å². The average molecular weight is 358 g/mol. The highest BCUT2D eigenvalue weighted by atomic mass is 35.5. The number of hydrogen-bond donors (Lipinski definition) is 2. The summed E-state index contributed by atoms with van der Waals surface area (Å²) in [5.41, 5.74) is 3.35. The Morgan fingerprint density at radius 3 is 2.56 bits per heavy atom. The van der Waals surface area contributed by atoms with Gasteiger partial charge in [-0.2, -0.15) is 0 Å². The summed E-state index contributed by atoms with van der Waals surface area (Å²) in [6.07, 6.45) is 3.32. The first kappa shape index (κ1) is 17.6. The summed E-state index contributed by atoms with van der Waals surface area (Å²) in [6.45, 7) is 3.16. The first-order valence-corrected chi connectivity index (χ1v) is 9.18. The number of benzene rings is 2. The minimum atomic E-state index is -0.00866. The largest absolute Gasteiger partial charge is 0.376 e. The van der Waals surface area contributed by atoms with Crippen molar-refractivity contribution in [2.45, 2.75) is 19.3 Å². The quantitative estimate of drug-likeness (QED) is 0.794. The van der Waals surface area contributed by atoms with Crippen LogP contribution >= 0.6 is 11.6 Å². The molecule has 0 radical (unpaired) electrons. The smallest absolute Gasteiger partial charge is 0.239 e. The lowest BCUT2D eigenvalue weighted by molar-refractivity contribution is -0.119. The Balaban J connectivity index is 1.38. The van der Waals surface area contributed by atoms with E-state index in [1.807, 2.05) is 36.4 Å². The zero-order chi connectivity index (χ0) is 17.5. The van der Waals surface area contributed by atoms with E-state index in [2.05, 4.69) is 27.7 Å². The first-order chi connectivity index (χ1) is 12.2. The lowest BCUT2D eigenvalue weighted by Crippen LogP contribution is -2.31. The molecule has 2 N–H and O–H groups in total. The van der Waals surface area contributed by atoms with E-state index >= 15 is 0 Å². The van der Waals surface area contributed by atoms with Crippen LogP contribution in [0.25, 0.3) is 0 Å². The Hall–Kier alpha value is -2.20. The molecular formula is C20H24ClN3O. The second kappa shape index (κ2) is 8.77. The monoisotopic (exact) mass is 357 g/mol. The Morgan fingerprint density at radius 2 is 1.84 bits per heavy atom. The lowest BCUT2D eigenvalue weighted by atomic mass is 10.1. The van der Waals surface area contributed by atoms with Crippen molar-refractivity contribution in [1.82, 2.24) is 5.32 Å². The third kappa shape index (κ3) is 5.40. The van der Waals surface area contributed by atoms with Gasteiger partial charge in [-0.05, 0) is 61.2 Å². The standard InChI is InChI=1S/C20H24ClN3O/c21-17-5-3-4-16(14-17)10-11-22-20(25)15-23-18-6-8-19(9-7-18)24-12-1-2-13-24/h3-9,14,23H,1-2,10-13,15H2,(H,22,25). The van der Waals surface area contributed by atoms with Crippen LogP contribution in [0.15, 0.2) is 48.5 Å². The third-order valence-corrected chi connectivity index (χ3v) is 4.65. The molecule has 1 heterocycles. The SMILES string of the molecule is O=C(CNc1ccc(N2CCCC2)cc1)NCCc1cccc(Cl)c1. The molecule has 0 aromatic heterocycles. The van der Waals surface area contributed by atoms with Gasteiger partial charge in [-0.25, -0.2) is 0 Å². The van der Waals surface area contributed by atoms with E-state index in [-0.39, 0.29) is 12.5 Å². The number of carbonyl (C=O) groups is 1. The van der Waals surface area contributed by atoms with E-state index in [1.54, 1.807) is 0 Å². The van der Waals surface area contributed by atoms with Gasteiger partial charge in [0.05, 0.1) is 6.54 Å². The van der Waals surface area contributed by atoms with Gasteiger partial charge in [0.15, 0.2) is 0 Å². The molecule has 1 fully saturated rings. The molecule has 132 valence electrons. The fraction of sp³-hybridized carbons (Fsp3) is 0.350. The molecule has 1 saturated heterocycles. The lowest BCUT2D eigenvalue weighted by Gasteiger charge is -2.18. The van der Waals surface area contributed by atoms with Gasteiger partial charge < -0.3 is 15.5 Å². The van der Waals surface area contributed by atoms with Crippen molar-refractivity contribution in [3.63, 3.8) is 0 Å². The Bertz CT molecular complexity index is 696. The van der Waals surface area contributed by atoms with Crippen molar-refractivity contribution < 1.29 is 4.79 Å². The van der Waals surface area contributed by atoms with E-state index in [0.717, 1.165) is 35.8 Å². The third-order valence-electron chi connectivity index (χ3n) is 4.42. The zero-order valence-electron chi connectivity index (χ0n) is 14.3. The van der Waals surface area contributed by atoms with E-state index < -0.39 is 0 Å². The summed E-state index contributed by atoms with van der Waals surface area (Å²) in [5, 5.41) is 6.82. The highest BCUT2D eigenvalue weighted by Crippen LogP contribution is 2.21. The molecule has 0 saturated carbocycles. The van der Waals surface area contributed by atoms with Gasteiger partial charge in [0.1, 0.15) is 0 Å². The van der Waals surface area contributed by atoms with Crippen molar-refractivity contribution in [3.05, 3.63) is 59.1 Å². The Labute approximate surface area is 154 Å². The van der Waals surface area contributed by atoms with Crippen LogP contribution in [-0.4, -0.2) is 32.1 Å². The molecular weight excluding hydrogens is 334 g/mol. The maximum atomic E-state index is 11.9. The summed E-state index contributed by atoms with van der Waals surface area (Å²) in [5.74, 6) is -0.00866. The predicted octanol–water partition coefficient (Wildman–Crippen LogP) is 3.71. The number of nitrogens with zero attached hydrogens (tertiary/aromatic N) is 1. The highest BCUT2D eigenvalue weighted by molar-refractivity contribution is 6.30. The fourth-order valence-corrected chi connectivity index (χ4v) is 3.26. The first-order valence-electron chi connectivity index (χ1n) is 8.81. The molecule has 4 nitrogen and oxygen atoms in total. The summed E-state index contributed by atoms with van der Waals surface area (Å²) >= 11 is 5.96. The van der Waals surface area contributed by atoms with Crippen LogP contribution in [0.4, 0.5) is 11.4 Å². The number of nitrogens with one attached hydrogen (secondary N) is 2. The van der Waals surface area contributed by atoms with Gasteiger partial charge in [-0.15, -0.1) is 0 Å². The van der Waals surface area contributed by atoms with Crippen LogP contribution in [0.1, 0.15) is 18.4 Å². The second-order valence-electron chi connectivity index (χ2n) is 6.32. The number of hydrogen-bond acceptors (Lipinski definition) is 3. The minimum absolute atomic E-state index is 0.00866. The molecule has 3 rings (SSSR count). The number of carbonyl (C=O) groups excluding carboxylic acids is 1. The summed E-state index contributed by atoms with van der Waals surface area (Å²) < 4.78 is 0. The van der Waals surface area contributed by atoms with Crippen LogP contribution in [0.3, 0.4) is 0 Å². The van der Waals surface area contributed by atoms with Gasteiger partial charge in [-0.1, -0.05) is 23.7 Å². The molecule has 0 spiro atoms. The fourth-order valence-electron chi connectivity index (χ4n) is 3.05. The van der Waals surface area contributed by atoms with E-state index in [4.69, 9.17) is 11.6 Å². The normalized spacial score (nSPS) is 13.7. The Morgan fingerprint density at radius 1 is 1.08 bits per heavy atom. The van der Waals surface area contributed by atoms with Crippen LogP contribution in [-0.2, 0) is 11.2 Å². The van der Waals surface area contributed by atoms with E-state index in [9.17, 15) is 4.79 Å². The van der Waals surface area contributed by atoms with Gasteiger partial charge >= 0.3 is 0 Å². The van der Waals surface area contributed by atoms with Crippen molar-refractivity contribution in [2.75, 3.05) is 36.4 Å². The number of anilines is 2. The molecule has 0 unspecified atom stereocenters. The molecule has 0 aliphatic carbocycles. The molecule has 0 bridgehead atoms. The molecule has 2 aromatic rings. The van der Waals surface area contributed by atoms with Crippen molar-refractivity contribution in [1.29, 1.82) is 0 Å². The molecule has 1 aliphatic rings. The van der Waals surface area contributed by atoms with E-state index in [1.165, 1.54) is 18.5 Å². The van der Waals surface area contributed by atoms with Gasteiger partial charge in [-0.3, -0.25) is 4.79 Å². The second-order valence-corrected chi connectivity index (χ2v) is 6.76. The van der Waals surface area contributed by atoms with E-state index in [0.29, 0.717) is 6.54 Å². The van der Waals surface area contributed by atoms with Crippen molar-refractivity contribution >= 4 is 28.9 Å². The van der Waals surface area contributed by atoms with Crippen LogP contribution in [0.5, 0.6) is 0 Å². The molecule has 0 atom stereocenters. The molecule has 2 aromatic carbocycles. The topological polar surface area (TPSA) is 44.4 Å². The Kier molecular flexibility index (Phi) is 6.18. The molecule has 25 heavy (non-hydrogen) atoms. The number of amides is 1. The number of halogens is 1. The molecule has 1 amide bonds. The molecule has 1 aliphatic heterocycles. The van der Waals surface area contributed by atoms with Crippen LogP contribution < -0.4 is 15.5 Å². The maximum Gasteiger partial charge on any atom is 0.239 e. The van der Waals surface area contributed by atoms with Crippen LogP contribution in [0, 0.1) is 0 Å². The van der Waals surface area contributed by atoms with Crippen molar-refractivity contribution in [2.24, 2.45) is 0 Å². The van der Waals surface area contributed by atoms with Crippen molar-refractivity contribution in [3.8, 4) is 0 Å². The summed E-state index contributed by atoms with van der Waals surface area (Å²) in [6, 6.07) is 16.0. The number of rotatable bonds is 7. The average Bonchev–Trinajstić information content (AvgIpc) is 3.15. The van der Waals surface area contributed by atoms with Gasteiger partial charge in [0, 0.05) is 36.0 Å². The predicted molar refractivity (Wildman–Crippen MR) is 105 cm³/mol. The minimum Gasteiger partial charge on any atom is -0.376 e.